The van der Waals surface area contributed by atoms with Crippen LogP contribution < -0.4 is 0 Å². The molecule has 0 radical (unpaired) electrons. The van der Waals surface area contributed by atoms with Crippen molar-refractivity contribution in [2.24, 2.45) is 0 Å². The zero-order chi connectivity index (χ0) is 19.7. The molecule has 6 nitrogen and oxygen atoms in total. The molecule has 0 aliphatic rings. The van der Waals surface area contributed by atoms with Crippen molar-refractivity contribution in [2.45, 2.75) is 19.9 Å². The van der Waals surface area contributed by atoms with E-state index < -0.39 is 0 Å². The van der Waals surface area contributed by atoms with Crippen molar-refractivity contribution >= 4 is 16.9 Å². The van der Waals surface area contributed by atoms with Gasteiger partial charge in [-0.05, 0) is 43.7 Å². The fourth-order valence-corrected chi connectivity index (χ4v) is 3.16. The number of hydrogen-bond acceptors (Lipinski definition) is 4. The smallest absolute Gasteiger partial charge is 0.274 e. The molecule has 4 aromatic rings. The Bertz CT molecular complexity index is 1120. The first kappa shape index (κ1) is 17.9. The lowest BCUT2D eigenvalue weighted by Crippen LogP contribution is -2.30. The summed E-state index contributed by atoms with van der Waals surface area (Å²) in [7, 11) is 1.78. The molecular weight excluding hydrogens is 350 g/mol. The lowest BCUT2D eigenvalue weighted by molar-refractivity contribution is 0.0736. The minimum absolute atomic E-state index is 0.0933. The fraction of sp³-hybridized carbons (Fsp3) is 0.182. The number of nitrogens with zero attached hydrogens (tertiary/aromatic N) is 5. The van der Waals surface area contributed by atoms with Gasteiger partial charge in [0.15, 0.2) is 0 Å². The van der Waals surface area contributed by atoms with E-state index in [4.69, 9.17) is 0 Å². The molecular formula is C22H21N5O. The Kier molecular flexibility index (Phi) is 4.61. The summed E-state index contributed by atoms with van der Waals surface area (Å²) >= 11 is 0. The van der Waals surface area contributed by atoms with Crippen molar-refractivity contribution in [1.82, 2.24) is 24.4 Å². The first-order valence-electron chi connectivity index (χ1n) is 9.13. The maximum atomic E-state index is 12.7. The van der Waals surface area contributed by atoms with Gasteiger partial charge in [-0.25, -0.2) is 9.97 Å². The molecule has 2 heterocycles. The lowest BCUT2D eigenvalue weighted by Gasteiger charge is -2.25. The molecule has 0 aliphatic heterocycles. The van der Waals surface area contributed by atoms with Crippen LogP contribution in [0.25, 0.3) is 16.7 Å². The molecule has 0 saturated carbocycles. The number of aryl methyl sites for hydroxylation is 1. The predicted molar refractivity (Wildman–Crippen MR) is 108 cm³/mol. The van der Waals surface area contributed by atoms with E-state index in [-0.39, 0.29) is 11.9 Å². The van der Waals surface area contributed by atoms with Crippen LogP contribution in [0, 0.1) is 6.92 Å². The van der Waals surface area contributed by atoms with Gasteiger partial charge in [-0.2, -0.15) is 0 Å². The van der Waals surface area contributed by atoms with Crippen LogP contribution in [-0.2, 0) is 0 Å². The molecule has 0 aliphatic carbocycles. The minimum atomic E-state index is -0.148. The van der Waals surface area contributed by atoms with Gasteiger partial charge in [0.25, 0.3) is 5.91 Å². The highest BCUT2D eigenvalue weighted by Crippen LogP contribution is 2.23. The first-order valence-corrected chi connectivity index (χ1v) is 9.13. The summed E-state index contributed by atoms with van der Waals surface area (Å²) < 4.78 is 2.06. The maximum Gasteiger partial charge on any atom is 0.274 e. The Morgan fingerprint density at radius 3 is 2.46 bits per heavy atom. The molecule has 1 atom stereocenters. The van der Waals surface area contributed by atoms with Crippen molar-refractivity contribution in [3.8, 4) is 5.69 Å². The third-order valence-electron chi connectivity index (χ3n) is 5.01. The number of carbonyl (C=O) groups excluding carboxylic acids is 1. The standard InChI is InChI=1S/C22H21N5O/c1-15-12-24-20(13-23-15)22(28)26(3)16(2)17-8-10-18(11-9-17)27-14-25-19-6-4-5-7-21(19)27/h4-14,16H,1-3H3/t16-/m1/s1. The molecule has 28 heavy (non-hydrogen) atoms. The highest BCUT2D eigenvalue weighted by Gasteiger charge is 2.20. The van der Waals surface area contributed by atoms with Crippen LogP contribution in [0.2, 0.25) is 0 Å². The SMILES string of the molecule is Cc1cnc(C(=O)N(C)[C@H](C)c2ccc(-n3cnc4ccccc43)cc2)cn1. The molecule has 140 valence electrons. The number of benzene rings is 2. The van der Waals surface area contributed by atoms with Gasteiger partial charge in [0.1, 0.15) is 12.0 Å². The zero-order valence-corrected chi connectivity index (χ0v) is 16.1. The molecule has 0 fully saturated rings. The van der Waals surface area contributed by atoms with Gasteiger partial charge in [-0.15, -0.1) is 0 Å². The van der Waals surface area contributed by atoms with Crippen molar-refractivity contribution in [2.75, 3.05) is 7.05 Å². The Morgan fingerprint density at radius 2 is 1.75 bits per heavy atom. The highest BCUT2D eigenvalue weighted by molar-refractivity contribution is 5.92. The summed E-state index contributed by atoms with van der Waals surface area (Å²) in [4.78, 5) is 27.2. The molecule has 2 aromatic heterocycles. The number of carbonyl (C=O) groups is 1. The second-order valence-electron chi connectivity index (χ2n) is 6.83. The summed E-state index contributed by atoms with van der Waals surface area (Å²) in [5.41, 5.74) is 5.24. The van der Waals surface area contributed by atoms with Crippen molar-refractivity contribution < 1.29 is 4.79 Å². The minimum Gasteiger partial charge on any atom is -0.334 e. The van der Waals surface area contributed by atoms with E-state index in [0.717, 1.165) is 28.0 Å². The summed E-state index contributed by atoms with van der Waals surface area (Å²) in [5.74, 6) is -0.148. The first-order chi connectivity index (χ1) is 13.5. The molecule has 2 aromatic carbocycles. The van der Waals surface area contributed by atoms with E-state index in [1.165, 1.54) is 6.20 Å². The van der Waals surface area contributed by atoms with Crippen LogP contribution in [0.5, 0.6) is 0 Å². The van der Waals surface area contributed by atoms with Crippen LogP contribution >= 0.6 is 0 Å². The number of para-hydroxylation sites is 2. The average molecular weight is 371 g/mol. The van der Waals surface area contributed by atoms with E-state index in [0.29, 0.717) is 5.69 Å². The molecule has 0 spiro atoms. The van der Waals surface area contributed by atoms with Crippen molar-refractivity contribution in [1.29, 1.82) is 0 Å². The second kappa shape index (κ2) is 7.23. The summed E-state index contributed by atoms with van der Waals surface area (Å²) in [5, 5.41) is 0. The number of fused-ring (bicyclic) bond motifs is 1. The lowest BCUT2D eigenvalue weighted by atomic mass is 10.1. The number of imidazole rings is 1. The highest BCUT2D eigenvalue weighted by atomic mass is 16.2. The Hall–Kier alpha value is -3.54. The number of hydrogen-bond donors (Lipinski definition) is 0. The summed E-state index contributed by atoms with van der Waals surface area (Å²) in [6, 6.07) is 16.1. The molecule has 0 unspecified atom stereocenters. The summed E-state index contributed by atoms with van der Waals surface area (Å²) in [6.07, 6.45) is 4.96. The van der Waals surface area contributed by atoms with Crippen molar-refractivity contribution in [3.05, 3.63) is 84.2 Å². The summed E-state index contributed by atoms with van der Waals surface area (Å²) in [6.45, 7) is 3.85. The second-order valence-corrected chi connectivity index (χ2v) is 6.83. The van der Waals surface area contributed by atoms with Gasteiger partial charge in [0.05, 0.1) is 29.0 Å². The largest absolute Gasteiger partial charge is 0.334 e. The fourth-order valence-electron chi connectivity index (χ4n) is 3.16. The third kappa shape index (κ3) is 3.24. The molecule has 0 N–H and O–H groups in total. The van der Waals surface area contributed by atoms with Gasteiger partial charge < -0.3 is 4.90 Å². The van der Waals surface area contributed by atoms with Gasteiger partial charge in [-0.3, -0.25) is 14.3 Å². The number of rotatable bonds is 4. The third-order valence-corrected chi connectivity index (χ3v) is 5.01. The number of amides is 1. The molecule has 4 rings (SSSR count). The van der Waals surface area contributed by atoms with Crippen LogP contribution in [0.1, 0.15) is 34.7 Å². The van der Waals surface area contributed by atoms with Gasteiger partial charge in [0.2, 0.25) is 0 Å². The molecule has 1 amide bonds. The van der Waals surface area contributed by atoms with Crippen molar-refractivity contribution in [3.63, 3.8) is 0 Å². The van der Waals surface area contributed by atoms with Crippen LogP contribution in [-0.4, -0.2) is 37.4 Å². The number of aromatic nitrogens is 4. The van der Waals surface area contributed by atoms with Crippen LogP contribution in [0.4, 0.5) is 0 Å². The Morgan fingerprint density at radius 1 is 1.00 bits per heavy atom. The van der Waals surface area contributed by atoms with Crippen LogP contribution in [0.15, 0.2) is 67.3 Å². The quantitative estimate of drug-likeness (QED) is 0.545. The Labute approximate surface area is 163 Å². The van der Waals surface area contributed by atoms with E-state index >= 15 is 0 Å². The molecule has 0 saturated heterocycles. The molecule has 0 bridgehead atoms. The maximum absolute atomic E-state index is 12.7. The Balaban J connectivity index is 1.56. The zero-order valence-electron chi connectivity index (χ0n) is 16.1. The molecule has 6 heteroatoms. The monoisotopic (exact) mass is 371 g/mol. The topological polar surface area (TPSA) is 63.9 Å². The van der Waals surface area contributed by atoms with E-state index in [2.05, 4.69) is 19.5 Å². The normalized spacial score (nSPS) is 12.1. The van der Waals surface area contributed by atoms with Gasteiger partial charge >= 0.3 is 0 Å². The van der Waals surface area contributed by atoms with E-state index in [1.54, 1.807) is 18.1 Å². The predicted octanol–water partition coefficient (Wildman–Crippen LogP) is 3.96. The van der Waals surface area contributed by atoms with E-state index in [9.17, 15) is 4.79 Å². The van der Waals surface area contributed by atoms with E-state index in [1.807, 2.05) is 68.7 Å². The van der Waals surface area contributed by atoms with Gasteiger partial charge in [0, 0.05) is 18.9 Å². The van der Waals surface area contributed by atoms with Crippen LogP contribution in [0.3, 0.4) is 0 Å². The average Bonchev–Trinajstić information content (AvgIpc) is 3.17. The van der Waals surface area contributed by atoms with Gasteiger partial charge in [-0.1, -0.05) is 24.3 Å².